The Morgan fingerprint density at radius 2 is 1.77 bits per heavy atom. The van der Waals surface area contributed by atoms with Crippen molar-refractivity contribution in [1.29, 1.82) is 0 Å². The number of rotatable bonds is 6. The zero-order valence-electron chi connectivity index (χ0n) is 13.6. The Hall–Kier alpha value is -2.54. The minimum absolute atomic E-state index is 0.243. The molecule has 0 saturated carbocycles. The smallest absolute Gasteiger partial charge is 0.0969 e. The first-order valence-corrected chi connectivity index (χ1v) is 7.26. The van der Waals surface area contributed by atoms with Gasteiger partial charge < -0.3 is 5.11 Å². The molecule has 1 aromatic rings. The van der Waals surface area contributed by atoms with Gasteiger partial charge in [-0.15, -0.1) is 0 Å². The molecule has 0 atom stereocenters. The lowest BCUT2D eigenvalue weighted by atomic mass is 10.0. The van der Waals surface area contributed by atoms with Crippen LogP contribution in [0.1, 0.15) is 25.0 Å². The molecular weight excluding hydrogens is 268 g/mol. The summed E-state index contributed by atoms with van der Waals surface area (Å²) in [6.45, 7) is 13.5. The normalized spacial score (nSPS) is 13.5. The summed E-state index contributed by atoms with van der Waals surface area (Å²) in [6, 6.07) is 8.29. The lowest BCUT2D eigenvalue weighted by Crippen LogP contribution is -1.87. The van der Waals surface area contributed by atoms with Crippen molar-refractivity contribution < 1.29 is 5.11 Å². The van der Waals surface area contributed by atoms with Crippen molar-refractivity contribution in [3.8, 4) is 0 Å². The second-order valence-electron chi connectivity index (χ2n) is 5.14. The fourth-order valence-corrected chi connectivity index (χ4v) is 2.13. The highest BCUT2D eigenvalue weighted by Crippen LogP contribution is 2.19. The van der Waals surface area contributed by atoms with Gasteiger partial charge in [-0.3, -0.25) is 0 Å². The quantitative estimate of drug-likeness (QED) is 0.497. The molecule has 0 unspecified atom stereocenters. The average molecular weight is 292 g/mol. The van der Waals surface area contributed by atoms with Crippen molar-refractivity contribution in [1.82, 2.24) is 0 Å². The Labute approximate surface area is 134 Å². The summed E-state index contributed by atoms with van der Waals surface area (Å²) in [5.41, 5.74) is 5.14. The molecule has 0 aliphatic heterocycles. The number of benzene rings is 1. The first-order chi connectivity index (χ1) is 10.5. The van der Waals surface area contributed by atoms with Crippen molar-refractivity contribution in [3.05, 3.63) is 102 Å². The third kappa shape index (κ3) is 5.10. The van der Waals surface area contributed by atoms with Gasteiger partial charge in [0.15, 0.2) is 0 Å². The molecule has 1 nitrogen and oxygen atoms in total. The van der Waals surface area contributed by atoms with Crippen LogP contribution in [0.25, 0.3) is 5.57 Å². The van der Waals surface area contributed by atoms with Gasteiger partial charge in [-0.05, 0) is 43.0 Å². The molecule has 0 aromatic heterocycles. The summed E-state index contributed by atoms with van der Waals surface area (Å²) in [5, 5.41) is 9.72. The summed E-state index contributed by atoms with van der Waals surface area (Å²) in [6.07, 6.45) is 11.1. The van der Waals surface area contributed by atoms with Crippen molar-refractivity contribution in [3.63, 3.8) is 0 Å². The maximum atomic E-state index is 9.72. The van der Waals surface area contributed by atoms with E-state index in [1.165, 1.54) is 16.7 Å². The number of aliphatic hydroxyl groups excluding tert-OH is 1. The van der Waals surface area contributed by atoms with E-state index in [1.54, 1.807) is 25.2 Å². The number of aryl methyl sites for hydroxylation is 1. The van der Waals surface area contributed by atoms with E-state index in [2.05, 4.69) is 45.2 Å². The van der Waals surface area contributed by atoms with Gasteiger partial charge in [0.1, 0.15) is 0 Å². The van der Waals surface area contributed by atoms with Crippen LogP contribution in [0.15, 0.2) is 90.8 Å². The molecule has 1 N–H and O–H groups in total. The largest absolute Gasteiger partial charge is 0.512 e. The Bertz CT molecular complexity index is 663. The average Bonchev–Trinajstić information content (AvgIpc) is 2.47. The zero-order valence-corrected chi connectivity index (χ0v) is 13.6. The van der Waals surface area contributed by atoms with Gasteiger partial charge in [0.25, 0.3) is 0 Å². The first kappa shape index (κ1) is 17.5. The molecular formula is C21H24O. The van der Waals surface area contributed by atoms with E-state index in [4.69, 9.17) is 0 Å². The van der Waals surface area contributed by atoms with E-state index in [1.807, 2.05) is 24.3 Å². The summed E-state index contributed by atoms with van der Waals surface area (Å²) in [4.78, 5) is 0. The van der Waals surface area contributed by atoms with Gasteiger partial charge in [0.05, 0.1) is 5.76 Å². The highest BCUT2D eigenvalue weighted by molar-refractivity contribution is 5.68. The first-order valence-electron chi connectivity index (χ1n) is 7.26. The van der Waals surface area contributed by atoms with Gasteiger partial charge in [-0.1, -0.05) is 73.9 Å². The Balaban J connectivity index is 2.92. The molecule has 0 aliphatic rings. The molecule has 1 aromatic carbocycles. The van der Waals surface area contributed by atoms with Crippen molar-refractivity contribution in [2.45, 2.75) is 20.8 Å². The van der Waals surface area contributed by atoms with Gasteiger partial charge in [-0.2, -0.15) is 0 Å². The molecule has 0 bridgehead atoms. The van der Waals surface area contributed by atoms with Crippen molar-refractivity contribution in [2.24, 2.45) is 0 Å². The second kappa shape index (κ2) is 8.68. The molecule has 1 rings (SSSR count). The van der Waals surface area contributed by atoms with E-state index >= 15 is 0 Å². The highest BCUT2D eigenvalue weighted by atomic mass is 16.3. The predicted octanol–water partition coefficient (Wildman–Crippen LogP) is 6.08. The van der Waals surface area contributed by atoms with Gasteiger partial charge in [0, 0.05) is 5.57 Å². The minimum Gasteiger partial charge on any atom is -0.512 e. The SMILES string of the molecule is C=C/C=C\C(C(=C)/C=C\C=C(/C)c1ccccc1C)=C(/C)O. The van der Waals surface area contributed by atoms with Crippen LogP contribution in [-0.2, 0) is 0 Å². The molecule has 0 aliphatic carbocycles. The van der Waals surface area contributed by atoms with Crippen LogP contribution in [0, 0.1) is 6.92 Å². The van der Waals surface area contributed by atoms with Gasteiger partial charge >= 0.3 is 0 Å². The standard InChI is InChI=1S/C21H24O/c1-6-7-14-21(19(5)22)18(4)13-10-12-17(3)20-15-9-8-11-16(20)2/h6-15,22H,1,4H2,2-3,5H3/b13-10-,14-7-,17-12+,21-19-. The summed E-state index contributed by atoms with van der Waals surface area (Å²) in [5.74, 6) is 0.243. The molecule has 1 heteroatoms. The third-order valence-corrected chi connectivity index (χ3v) is 3.35. The van der Waals surface area contributed by atoms with Gasteiger partial charge in [0.2, 0.25) is 0 Å². The van der Waals surface area contributed by atoms with Crippen molar-refractivity contribution in [2.75, 3.05) is 0 Å². The monoisotopic (exact) mass is 292 g/mol. The van der Waals surface area contributed by atoms with Crippen LogP contribution in [0.3, 0.4) is 0 Å². The Morgan fingerprint density at radius 3 is 2.36 bits per heavy atom. The summed E-state index contributed by atoms with van der Waals surface area (Å²) < 4.78 is 0. The molecule has 0 amide bonds. The zero-order chi connectivity index (χ0) is 16.5. The maximum absolute atomic E-state index is 9.72. The van der Waals surface area contributed by atoms with Crippen LogP contribution >= 0.6 is 0 Å². The fraction of sp³-hybridized carbons (Fsp3) is 0.143. The number of hydrogen-bond donors (Lipinski definition) is 1. The van der Waals surface area contributed by atoms with Crippen LogP contribution in [0.4, 0.5) is 0 Å². The molecule has 0 radical (unpaired) electrons. The maximum Gasteiger partial charge on any atom is 0.0969 e. The number of hydrogen-bond acceptors (Lipinski definition) is 1. The molecule has 0 fully saturated rings. The molecule has 114 valence electrons. The Kier molecular flexibility index (Phi) is 6.91. The van der Waals surface area contributed by atoms with E-state index in [9.17, 15) is 5.11 Å². The minimum atomic E-state index is 0.243. The molecule has 0 spiro atoms. The van der Waals surface area contributed by atoms with E-state index in [-0.39, 0.29) is 5.76 Å². The van der Waals surface area contributed by atoms with E-state index in [0.717, 1.165) is 5.57 Å². The number of aliphatic hydroxyl groups is 1. The number of allylic oxidation sites excluding steroid dienone is 10. The van der Waals surface area contributed by atoms with Crippen LogP contribution < -0.4 is 0 Å². The van der Waals surface area contributed by atoms with E-state index < -0.39 is 0 Å². The summed E-state index contributed by atoms with van der Waals surface area (Å²) in [7, 11) is 0. The van der Waals surface area contributed by atoms with Crippen LogP contribution in [-0.4, -0.2) is 5.11 Å². The lowest BCUT2D eigenvalue weighted by molar-refractivity contribution is 0.410. The van der Waals surface area contributed by atoms with Crippen molar-refractivity contribution >= 4 is 5.57 Å². The molecule has 22 heavy (non-hydrogen) atoms. The van der Waals surface area contributed by atoms with Crippen LogP contribution in [0.2, 0.25) is 0 Å². The lowest BCUT2D eigenvalue weighted by Gasteiger charge is -2.05. The topological polar surface area (TPSA) is 20.2 Å². The van der Waals surface area contributed by atoms with Gasteiger partial charge in [-0.25, -0.2) is 0 Å². The molecule has 0 saturated heterocycles. The summed E-state index contributed by atoms with van der Waals surface area (Å²) >= 11 is 0. The Morgan fingerprint density at radius 1 is 1.09 bits per heavy atom. The molecule has 0 heterocycles. The highest BCUT2D eigenvalue weighted by Gasteiger charge is 2.00. The second-order valence-corrected chi connectivity index (χ2v) is 5.14. The third-order valence-electron chi connectivity index (χ3n) is 3.35. The predicted molar refractivity (Wildman–Crippen MR) is 97.8 cm³/mol. The van der Waals surface area contributed by atoms with Crippen LogP contribution in [0.5, 0.6) is 0 Å². The fourth-order valence-electron chi connectivity index (χ4n) is 2.13. The van der Waals surface area contributed by atoms with E-state index in [0.29, 0.717) is 5.57 Å².